The van der Waals surface area contributed by atoms with Crippen LogP contribution in [0.5, 0.6) is 0 Å². The summed E-state index contributed by atoms with van der Waals surface area (Å²) in [5.41, 5.74) is 0.870. The van der Waals surface area contributed by atoms with Crippen molar-refractivity contribution < 1.29 is 18.0 Å². The van der Waals surface area contributed by atoms with E-state index in [-0.39, 0.29) is 23.7 Å². The van der Waals surface area contributed by atoms with E-state index in [2.05, 4.69) is 10.3 Å². The number of benzene rings is 1. The topological polar surface area (TPSA) is 58.4 Å². The lowest BCUT2D eigenvalue weighted by atomic mass is 9.99. The Morgan fingerprint density at radius 1 is 1.39 bits per heavy atom. The van der Waals surface area contributed by atoms with Crippen molar-refractivity contribution in [3.8, 4) is 0 Å². The highest BCUT2D eigenvalue weighted by Crippen LogP contribution is 2.32. The van der Waals surface area contributed by atoms with E-state index in [4.69, 9.17) is 4.42 Å². The molecule has 1 amide bonds. The zero-order chi connectivity index (χ0) is 16.6. The molecule has 1 aliphatic rings. The Labute approximate surface area is 132 Å². The first-order valence-corrected chi connectivity index (χ1v) is 7.33. The van der Waals surface area contributed by atoms with Crippen molar-refractivity contribution in [1.29, 1.82) is 0 Å². The molecule has 23 heavy (non-hydrogen) atoms. The van der Waals surface area contributed by atoms with Crippen LogP contribution in [0.15, 0.2) is 29.0 Å². The van der Waals surface area contributed by atoms with Crippen molar-refractivity contribution in [2.24, 2.45) is 0 Å². The minimum atomic E-state index is -0.889. The number of oxazole rings is 1. The summed E-state index contributed by atoms with van der Waals surface area (Å²) in [6.07, 6.45) is 1.93. The van der Waals surface area contributed by atoms with Gasteiger partial charge in [-0.3, -0.25) is 9.69 Å². The molecule has 122 valence electrons. The summed E-state index contributed by atoms with van der Waals surface area (Å²) in [6.45, 7) is 2.40. The number of rotatable bonds is 3. The van der Waals surface area contributed by atoms with E-state index in [1.807, 2.05) is 11.9 Å². The van der Waals surface area contributed by atoms with E-state index in [1.165, 1.54) is 12.5 Å². The third-order valence-corrected chi connectivity index (χ3v) is 4.21. The first-order chi connectivity index (χ1) is 11.0. The molecule has 1 aromatic heterocycles. The second kappa shape index (κ2) is 6.08. The number of aryl methyl sites for hydroxylation is 1. The Balaban J connectivity index is 1.82. The fourth-order valence-corrected chi connectivity index (χ4v) is 3.04. The predicted octanol–water partition coefficient (Wildman–Crippen LogP) is 2.44. The van der Waals surface area contributed by atoms with Gasteiger partial charge >= 0.3 is 0 Å². The smallest absolute Gasteiger partial charge is 0.273 e. The Bertz CT molecular complexity index is 732. The molecule has 0 aliphatic carbocycles. The minimum absolute atomic E-state index is 0.214. The quantitative estimate of drug-likeness (QED) is 0.943. The van der Waals surface area contributed by atoms with Crippen molar-refractivity contribution in [3.05, 3.63) is 53.2 Å². The van der Waals surface area contributed by atoms with Crippen LogP contribution in [0.25, 0.3) is 0 Å². The number of halogens is 2. The molecule has 1 aliphatic heterocycles. The lowest BCUT2D eigenvalue weighted by molar-refractivity contribution is 0.0921. The van der Waals surface area contributed by atoms with Crippen LogP contribution in [-0.4, -0.2) is 35.4 Å². The summed E-state index contributed by atoms with van der Waals surface area (Å²) in [4.78, 5) is 18.2. The van der Waals surface area contributed by atoms with Gasteiger partial charge in [0.2, 0.25) is 0 Å². The zero-order valence-corrected chi connectivity index (χ0v) is 12.8. The number of hydrogen-bond acceptors (Lipinski definition) is 4. The van der Waals surface area contributed by atoms with Crippen molar-refractivity contribution in [2.45, 2.75) is 25.4 Å². The number of carbonyl (C=O) groups excluding carboxylic acids is 1. The monoisotopic (exact) mass is 321 g/mol. The first-order valence-electron chi connectivity index (χ1n) is 7.33. The molecule has 0 saturated carbocycles. The van der Waals surface area contributed by atoms with Gasteiger partial charge in [-0.1, -0.05) is 6.07 Å². The Kier molecular flexibility index (Phi) is 4.12. The van der Waals surface area contributed by atoms with Gasteiger partial charge in [-0.05, 0) is 38.1 Å². The average Bonchev–Trinajstić information content (AvgIpc) is 3.08. The summed E-state index contributed by atoms with van der Waals surface area (Å²) in [7, 11) is 1.89. The number of likely N-dealkylation sites (N-methyl/N-ethyl adjacent to an activating group) is 1. The summed E-state index contributed by atoms with van der Waals surface area (Å²) < 4.78 is 31.7. The maximum absolute atomic E-state index is 13.5. The predicted molar refractivity (Wildman–Crippen MR) is 78.8 cm³/mol. The molecule has 0 spiro atoms. The molecule has 3 rings (SSSR count). The molecule has 1 fully saturated rings. The SMILES string of the molecule is Cc1ocnc1C(=O)N[C@H]1CCN(C)[C@@H]1c1ccc(F)c(F)c1. The Morgan fingerprint density at radius 3 is 2.83 bits per heavy atom. The first kappa shape index (κ1) is 15.6. The highest BCUT2D eigenvalue weighted by atomic mass is 19.2. The molecule has 1 saturated heterocycles. The van der Waals surface area contributed by atoms with Crippen LogP contribution in [0.2, 0.25) is 0 Å². The van der Waals surface area contributed by atoms with Crippen molar-refractivity contribution in [2.75, 3.05) is 13.6 Å². The maximum Gasteiger partial charge on any atom is 0.273 e. The lowest BCUT2D eigenvalue weighted by Gasteiger charge is -2.26. The fourth-order valence-electron chi connectivity index (χ4n) is 3.04. The molecular weight excluding hydrogens is 304 g/mol. The van der Waals surface area contributed by atoms with Crippen molar-refractivity contribution in [1.82, 2.24) is 15.2 Å². The highest BCUT2D eigenvalue weighted by Gasteiger charge is 2.35. The van der Waals surface area contributed by atoms with Gasteiger partial charge in [-0.2, -0.15) is 0 Å². The minimum Gasteiger partial charge on any atom is -0.448 e. The molecule has 2 aromatic rings. The van der Waals surface area contributed by atoms with E-state index >= 15 is 0 Å². The number of carbonyl (C=O) groups is 1. The van der Waals surface area contributed by atoms with Crippen LogP contribution in [0.1, 0.15) is 34.3 Å². The number of nitrogens with one attached hydrogen (secondary N) is 1. The summed E-state index contributed by atoms with van der Waals surface area (Å²) in [5.74, 6) is -1.66. The van der Waals surface area contributed by atoms with Crippen LogP contribution in [0, 0.1) is 18.6 Å². The molecule has 1 N–H and O–H groups in total. The average molecular weight is 321 g/mol. The standard InChI is InChI=1S/C16H17F2N3O2/c1-9-14(19-8-23-9)16(22)20-13-5-6-21(2)15(13)10-3-4-11(17)12(18)7-10/h3-4,7-8,13,15H,5-6H2,1-2H3,(H,20,22)/t13-,15+/m0/s1. The second-order valence-electron chi connectivity index (χ2n) is 5.72. The van der Waals surface area contributed by atoms with Crippen molar-refractivity contribution >= 4 is 5.91 Å². The number of likely N-dealkylation sites (tertiary alicyclic amines) is 1. The lowest BCUT2D eigenvalue weighted by Crippen LogP contribution is -2.39. The molecule has 2 atom stereocenters. The molecule has 0 radical (unpaired) electrons. The molecule has 0 bridgehead atoms. The number of aromatic nitrogens is 1. The molecule has 2 heterocycles. The van der Waals surface area contributed by atoms with Gasteiger partial charge in [0.25, 0.3) is 5.91 Å². The largest absolute Gasteiger partial charge is 0.448 e. The number of hydrogen-bond donors (Lipinski definition) is 1. The van der Waals surface area contributed by atoms with Gasteiger partial charge in [0, 0.05) is 6.54 Å². The van der Waals surface area contributed by atoms with Gasteiger partial charge < -0.3 is 9.73 Å². The Hall–Kier alpha value is -2.28. The van der Waals surface area contributed by atoms with Gasteiger partial charge in [0.1, 0.15) is 5.76 Å². The van der Waals surface area contributed by atoms with Gasteiger partial charge in [-0.15, -0.1) is 0 Å². The zero-order valence-electron chi connectivity index (χ0n) is 12.8. The molecular formula is C16H17F2N3O2. The van der Waals surface area contributed by atoms with Crippen LogP contribution < -0.4 is 5.32 Å². The molecule has 7 heteroatoms. The van der Waals surface area contributed by atoms with Crippen LogP contribution in [0.3, 0.4) is 0 Å². The number of nitrogens with zero attached hydrogens (tertiary/aromatic N) is 2. The summed E-state index contributed by atoms with van der Waals surface area (Å²) in [5, 5.41) is 2.92. The molecule has 0 unspecified atom stereocenters. The van der Waals surface area contributed by atoms with Gasteiger partial charge in [0.15, 0.2) is 23.7 Å². The summed E-state index contributed by atoms with van der Waals surface area (Å²) in [6, 6.07) is 3.40. The van der Waals surface area contributed by atoms with Crippen LogP contribution >= 0.6 is 0 Å². The highest BCUT2D eigenvalue weighted by molar-refractivity contribution is 5.93. The Morgan fingerprint density at radius 2 is 2.17 bits per heavy atom. The van der Waals surface area contributed by atoms with Gasteiger partial charge in [0.05, 0.1) is 12.1 Å². The third kappa shape index (κ3) is 2.96. The van der Waals surface area contributed by atoms with E-state index in [0.717, 1.165) is 12.6 Å². The van der Waals surface area contributed by atoms with Gasteiger partial charge in [-0.25, -0.2) is 13.8 Å². The van der Waals surface area contributed by atoms with E-state index in [0.29, 0.717) is 17.7 Å². The second-order valence-corrected chi connectivity index (χ2v) is 5.72. The fraction of sp³-hybridized carbons (Fsp3) is 0.375. The van der Waals surface area contributed by atoms with Crippen LogP contribution in [0.4, 0.5) is 8.78 Å². The normalized spacial score (nSPS) is 21.6. The van der Waals surface area contributed by atoms with E-state index in [1.54, 1.807) is 13.0 Å². The maximum atomic E-state index is 13.5. The molecule has 5 nitrogen and oxygen atoms in total. The number of amides is 1. The summed E-state index contributed by atoms with van der Waals surface area (Å²) >= 11 is 0. The molecule has 1 aromatic carbocycles. The third-order valence-electron chi connectivity index (χ3n) is 4.21. The van der Waals surface area contributed by atoms with E-state index in [9.17, 15) is 13.6 Å². The van der Waals surface area contributed by atoms with Crippen LogP contribution in [-0.2, 0) is 0 Å². The van der Waals surface area contributed by atoms with Crippen molar-refractivity contribution in [3.63, 3.8) is 0 Å². The van der Waals surface area contributed by atoms with E-state index < -0.39 is 11.6 Å².